The first-order valence-corrected chi connectivity index (χ1v) is 7.78. The molecule has 1 unspecified atom stereocenters. The molecular formula is C14H19N3OS. The number of rotatable bonds is 3. The Kier molecular flexibility index (Phi) is 3.66. The molecule has 19 heavy (non-hydrogen) atoms. The second-order valence-corrected chi connectivity index (χ2v) is 6.31. The average molecular weight is 277 g/mol. The van der Waals surface area contributed by atoms with Crippen LogP contribution in [0.4, 0.5) is 0 Å². The number of hydrogen-bond acceptors (Lipinski definition) is 4. The van der Waals surface area contributed by atoms with Crippen LogP contribution >= 0.6 is 11.3 Å². The van der Waals surface area contributed by atoms with Crippen LogP contribution in [0.2, 0.25) is 0 Å². The highest BCUT2D eigenvalue weighted by molar-refractivity contribution is 7.18. The Morgan fingerprint density at radius 2 is 2.47 bits per heavy atom. The Balaban J connectivity index is 1.91. The van der Waals surface area contributed by atoms with Gasteiger partial charge in [-0.2, -0.15) is 0 Å². The number of nitrogens with zero attached hydrogens (tertiary/aromatic N) is 2. The first kappa shape index (κ1) is 12.8. The third kappa shape index (κ3) is 2.58. The summed E-state index contributed by atoms with van der Waals surface area (Å²) in [5, 5.41) is 4.18. The molecule has 1 fully saturated rings. The van der Waals surface area contributed by atoms with E-state index in [1.165, 1.54) is 17.7 Å². The Morgan fingerprint density at radius 1 is 1.58 bits per heavy atom. The van der Waals surface area contributed by atoms with E-state index in [4.69, 9.17) is 0 Å². The van der Waals surface area contributed by atoms with Crippen molar-refractivity contribution >= 4 is 21.6 Å². The maximum Gasteiger partial charge on any atom is 0.262 e. The fourth-order valence-electron chi connectivity index (χ4n) is 2.67. The maximum atomic E-state index is 12.4. The van der Waals surface area contributed by atoms with Crippen LogP contribution in [-0.2, 0) is 13.0 Å². The van der Waals surface area contributed by atoms with Gasteiger partial charge in [-0.05, 0) is 44.3 Å². The lowest BCUT2D eigenvalue weighted by atomic mass is 10.00. The van der Waals surface area contributed by atoms with Crippen LogP contribution in [0.5, 0.6) is 0 Å². The van der Waals surface area contributed by atoms with Crippen LogP contribution < -0.4 is 10.9 Å². The maximum absolute atomic E-state index is 12.4. The molecule has 1 saturated heterocycles. The standard InChI is InChI=1S/C14H19N3OS/c1-2-11-6-12-13(19-11)16-9-17(14(12)18)8-10-4-3-5-15-7-10/h6,9-10,15H,2-5,7-8H2,1H3. The quantitative estimate of drug-likeness (QED) is 0.933. The van der Waals surface area contributed by atoms with Crippen molar-refractivity contribution in [3.05, 3.63) is 27.6 Å². The summed E-state index contributed by atoms with van der Waals surface area (Å²) in [6.45, 7) is 5.00. The number of aryl methyl sites for hydroxylation is 1. The van der Waals surface area contributed by atoms with Gasteiger partial charge in [0.15, 0.2) is 0 Å². The van der Waals surface area contributed by atoms with Gasteiger partial charge >= 0.3 is 0 Å². The number of nitrogens with one attached hydrogen (secondary N) is 1. The van der Waals surface area contributed by atoms with E-state index < -0.39 is 0 Å². The number of piperidine rings is 1. The number of aromatic nitrogens is 2. The van der Waals surface area contributed by atoms with Gasteiger partial charge in [0, 0.05) is 11.4 Å². The zero-order valence-corrected chi connectivity index (χ0v) is 12.0. The Hall–Kier alpha value is -1.20. The van der Waals surface area contributed by atoms with E-state index in [0.717, 1.165) is 36.3 Å². The molecule has 2 aromatic rings. The Morgan fingerprint density at radius 3 is 3.21 bits per heavy atom. The highest BCUT2D eigenvalue weighted by atomic mass is 32.1. The lowest BCUT2D eigenvalue weighted by Crippen LogP contribution is -2.34. The van der Waals surface area contributed by atoms with E-state index in [9.17, 15) is 4.79 Å². The molecule has 0 bridgehead atoms. The molecule has 2 aromatic heterocycles. The van der Waals surface area contributed by atoms with E-state index >= 15 is 0 Å². The third-order valence-electron chi connectivity index (χ3n) is 3.77. The fourth-order valence-corrected chi connectivity index (χ4v) is 3.60. The smallest absolute Gasteiger partial charge is 0.262 e. The summed E-state index contributed by atoms with van der Waals surface area (Å²) in [6, 6.07) is 2.00. The minimum atomic E-state index is 0.117. The Labute approximate surface area is 116 Å². The summed E-state index contributed by atoms with van der Waals surface area (Å²) in [5.74, 6) is 0.551. The van der Waals surface area contributed by atoms with Crippen molar-refractivity contribution < 1.29 is 0 Å². The molecule has 1 aliphatic heterocycles. The molecule has 1 aliphatic rings. The lowest BCUT2D eigenvalue weighted by molar-refractivity contribution is 0.333. The number of hydrogen-bond donors (Lipinski definition) is 1. The fraction of sp³-hybridized carbons (Fsp3) is 0.571. The van der Waals surface area contributed by atoms with Gasteiger partial charge in [-0.15, -0.1) is 11.3 Å². The molecule has 0 spiro atoms. The van der Waals surface area contributed by atoms with E-state index in [2.05, 4.69) is 17.2 Å². The minimum Gasteiger partial charge on any atom is -0.316 e. The van der Waals surface area contributed by atoms with Crippen molar-refractivity contribution in [1.82, 2.24) is 14.9 Å². The number of thiophene rings is 1. The van der Waals surface area contributed by atoms with E-state index in [-0.39, 0.29) is 5.56 Å². The van der Waals surface area contributed by atoms with Crippen molar-refractivity contribution in [2.24, 2.45) is 5.92 Å². The predicted molar refractivity (Wildman–Crippen MR) is 78.9 cm³/mol. The molecule has 1 N–H and O–H groups in total. The van der Waals surface area contributed by atoms with Crippen molar-refractivity contribution in [3.8, 4) is 0 Å². The van der Waals surface area contributed by atoms with E-state index in [1.54, 1.807) is 22.2 Å². The van der Waals surface area contributed by atoms with Gasteiger partial charge in [0.25, 0.3) is 5.56 Å². The molecular weight excluding hydrogens is 258 g/mol. The first-order valence-electron chi connectivity index (χ1n) is 6.96. The molecule has 0 amide bonds. The molecule has 3 heterocycles. The third-order valence-corrected chi connectivity index (χ3v) is 4.96. The summed E-state index contributed by atoms with van der Waals surface area (Å²) >= 11 is 1.63. The molecule has 0 aliphatic carbocycles. The van der Waals surface area contributed by atoms with Crippen LogP contribution in [0.15, 0.2) is 17.2 Å². The molecule has 1 atom stereocenters. The van der Waals surface area contributed by atoms with Crippen molar-refractivity contribution in [1.29, 1.82) is 0 Å². The van der Waals surface area contributed by atoms with Gasteiger partial charge in [-0.3, -0.25) is 9.36 Å². The van der Waals surface area contributed by atoms with Gasteiger partial charge in [0.2, 0.25) is 0 Å². The second-order valence-electron chi connectivity index (χ2n) is 5.20. The van der Waals surface area contributed by atoms with Crippen LogP contribution in [0.3, 0.4) is 0 Å². The van der Waals surface area contributed by atoms with E-state index in [1.807, 2.05) is 6.07 Å². The highest BCUT2D eigenvalue weighted by Crippen LogP contribution is 2.21. The lowest BCUT2D eigenvalue weighted by Gasteiger charge is -2.23. The normalized spacial score (nSPS) is 19.9. The summed E-state index contributed by atoms with van der Waals surface area (Å²) in [7, 11) is 0. The average Bonchev–Trinajstić information content (AvgIpc) is 2.87. The molecule has 0 radical (unpaired) electrons. The highest BCUT2D eigenvalue weighted by Gasteiger charge is 2.15. The molecule has 0 saturated carbocycles. The van der Waals surface area contributed by atoms with Crippen LogP contribution in [0, 0.1) is 5.92 Å². The van der Waals surface area contributed by atoms with Crippen LogP contribution in [-0.4, -0.2) is 22.6 Å². The van der Waals surface area contributed by atoms with Crippen molar-refractivity contribution in [2.45, 2.75) is 32.7 Å². The summed E-state index contributed by atoms with van der Waals surface area (Å²) in [4.78, 5) is 19.0. The SMILES string of the molecule is CCc1cc2c(=O)n(CC3CCCNC3)cnc2s1. The minimum absolute atomic E-state index is 0.117. The zero-order valence-electron chi connectivity index (χ0n) is 11.2. The van der Waals surface area contributed by atoms with Crippen molar-refractivity contribution in [3.63, 3.8) is 0 Å². The van der Waals surface area contributed by atoms with Crippen molar-refractivity contribution in [2.75, 3.05) is 13.1 Å². The molecule has 102 valence electrons. The van der Waals surface area contributed by atoms with Gasteiger partial charge in [0.1, 0.15) is 4.83 Å². The first-order chi connectivity index (χ1) is 9.28. The topological polar surface area (TPSA) is 46.9 Å². The molecule has 3 rings (SSSR count). The summed E-state index contributed by atoms with van der Waals surface area (Å²) in [6.07, 6.45) is 5.08. The monoisotopic (exact) mass is 277 g/mol. The summed E-state index contributed by atoms with van der Waals surface area (Å²) < 4.78 is 1.78. The van der Waals surface area contributed by atoms with Gasteiger partial charge < -0.3 is 5.32 Å². The molecule has 5 heteroatoms. The second kappa shape index (κ2) is 5.43. The van der Waals surface area contributed by atoms with Gasteiger partial charge in [-0.25, -0.2) is 4.98 Å². The summed E-state index contributed by atoms with van der Waals surface area (Å²) in [5.41, 5.74) is 0.117. The predicted octanol–water partition coefficient (Wildman–Crippen LogP) is 2.02. The number of fused-ring (bicyclic) bond motifs is 1. The van der Waals surface area contributed by atoms with E-state index in [0.29, 0.717) is 5.92 Å². The zero-order chi connectivity index (χ0) is 13.2. The largest absolute Gasteiger partial charge is 0.316 e. The van der Waals surface area contributed by atoms with Gasteiger partial charge in [0.05, 0.1) is 11.7 Å². The van der Waals surface area contributed by atoms with Crippen LogP contribution in [0.1, 0.15) is 24.6 Å². The van der Waals surface area contributed by atoms with Crippen LogP contribution in [0.25, 0.3) is 10.2 Å². The Bertz CT molecular complexity index is 625. The molecule has 4 nitrogen and oxygen atoms in total. The molecule has 0 aromatic carbocycles. The van der Waals surface area contributed by atoms with Gasteiger partial charge in [-0.1, -0.05) is 6.92 Å².